The number of hydrogen-bond donors (Lipinski definition) is 0. The topological polar surface area (TPSA) is 59.1 Å². The summed E-state index contributed by atoms with van der Waals surface area (Å²) in [5, 5.41) is 0. The Morgan fingerprint density at radius 1 is 1.00 bits per heavy atom. The molecule has 0 bridgehead atoms. The number of benzene rings is 1. The van der Waals surface area contributed by atoms with Crippen molar-refractivity contribution in [2.45, 2.75) is 31.7 Å². The molecule has 25 heavy (non-hydrogen) atoms. The van der Waals surface area contributed by atoms with Crippen LogP contribution in [0, 0.1) is 5.92 Å². The fourth-order valence-electron chi connectivity index (χ4n) is 4.10. The molecule has 1 aromatic rings. The molecular weight excluding hydrogens is 320 g/mol. The Hall–Kier alpha value is -2.24. The summed E-state index contributed by atoms with van der Waals surface area (Å²) in [6.07, 6.45) is 2.96. The van der Waals surface area contributed by atoms with Crippen molar-refractivity contribution in [2.75, 3.05) is 32.8 Å². The molecule has 3 aliphatic heterocycles. The lowest BCUT2D eigenvalue weighted by Crippen LogP contribution is -2.48. The summed E-state index contributed by atoms with van der Waals surface area (Å²) >= 11 is 0. The van der Waals surface area contributed by atoms with Gasteiger partial charge in [0.15, 0.2) is 0 Å². The molecule has 1 atom stereocenters. The smallest absolute Gasteiger partial charge is 0.410 e. The van der Waals surface area contributed by atoms with Gasteiger partial charge in [-0.25, -0.2) is 4.79 Å². The van der Waals surface area contributed by atoms with E-state index in [2.05, 4.69) is 0 Å². The number of ether oxygens (including phenoxy) is 2. The van der Waals surface area contributed by atoms with E-state index in [0.717, 1.165) is 37.0 Å². The van der Waals surface area contributed by atoms with Crippen molar-refractivity contribution < 1.29 is 19.1 Å². The minimum absolute atomic E-state index is 0.0167. The van der Waals surface area contributed by atoms with E-state index in [1.165, 1.54) is 0 Å². The third kappa shape index (κ3) is 3.30. The maximum absolute atomic E-state index is 13.0. The van der Waals surface area contributed by atoms with Crippen LogP contribution >= 0.6 is 0 Å². The standard InChI is InChI=1S/C19H24N2O4/c22-18(15-7-11-24-17-4-2-1-3-14(17)13-15)20-8-5-16(6-9-20)21-10-12-25-19(21)23/h1-4,15-16H,5-13H2/t15-/m0/s1. The van der Waals surface area contributed by atoms with Gasteiger partial charge in [-0.15, -0.1) is 0 Å². The van der Waals surface area contributed by atoms with Crippen LogP contribution in [0.3, 0.4) is 0 Å². The van der Waals surface area contributed by atoms with Crippen molar-refractivity contribution in [3.63, 3.8) is 0 Å². The highest BCUT2D eigenvalue weighted by atomic mass is 16.6. The minimum Gasteiger partial charge on any atom is -0.493 e. The second kappa shape index (κ2) is 6.94. The zero-order valence-corrected chi connectivity index (χ0v) is 14.4. The molecule has 0 unspecified atom stereocenters. The van der Waals surface area contributed by atoms with Gasteiger partial charge in [0.05, 0.1) is 13.2 Å². The number of piperidine rings is 1. The Labute approximate surface area is 147 Å². The molecule has 2 fully saturated rings. The maximum Gasteiger partial charge on any atom is 0.410 e. The summed E-state index contributed by atoms with van der Waals surface area (Å²) in [6.45, 7) is 3.18. The van der Waals surface area contributed by atoms with Gasteiger partial charge in [0.1, 0.15) is 12.4 Å². The van der Waals surface area contributed by atoms with Crippen LogP contribution in [0.2, 0.25) is 0 Å². The lowest BCUT2D eigenvalue weighted by molar-refractivity contribution is -0.137. The molecule has 6 nitrogen and oxygen atoms in total. The van der Waals surface area contributed by atoms with Crippen LogP contribution < -0.4 is 4.74 Å². The number of cyclic esters (lactones) is 1. The number of fused-ring (bicyclic) bond motifs is 1. The molecule has 0 N–H and O–H groups in total. The van der Waals surface area contributed by atoms with Crippen molar-refractivity contribution in [3.8, 4) is 5.75 Å². The average Bonchev–Trinajstić information content (AvgIpc) is 2.95. The number of amides is 2. The van der Waals surface area contributed by atoms with Gasteiger partial charge in [-0.2, -0.15) is 0 Å². The predicted octanol–water partition coefficient (Wildman–Crippen LogP) is 2.07. The fraction of sp³-hybridized carbons (Fsp3) is 0.579. The first kappa shape index (κ1) is 16.2. The highest BCUT2D eigenvalue weighted by Gasteiger charge is 2.35. The largest absolute Gasteiger partial charge is 0.493 e. The summed E-state index contributed by atoms with van der Waals surface area (Å²) in [6, 6.07) is 8.19. The van der Waals surface area contributed by atoms with Crippen molar-refractivity contribution in [1.29, 1.82) is 0 Å². The summed E-state index contributed by atoms with van der Waals surface area (Å²) in [5.41, 5.74) is 1.12. The molecule has 0 spiro atoms. The monoisotopic (exact) mass is 344 g/mol. The first-order valence-electron chi connectivity index (χ1n) is 9.15. The molecule has 1 aromatic carbocycles. The molecule has 4 rings (SSSR count). The molecule has 134 valence electrons. The van der Waals surface area contributed by atoms with Gasteiger partial charge >= 0.3 is 6.09 Å². The van der Waals surface area contributed by atoms with E-state index in [0.29, 0.717) is 32.8 Å². The SMILES string of the molecule is O=C([C@H]1CCOc2ccccc2C1)N1CCC(N2CCOC2=O)CC1. The number of hydrogen-bond acceptors (Lipinski definition) is 4. The third-order valence-electron chi connectivity index (χ3n) is 5.52. The lowest BCUT2D eigenvalue weighted by Gasteiger charge is -2.37. The Balaban J connectivity index is 1.37. The number of carbonyl (C=O) groups excluding carboxylic acids is 2. The normalized spacial score (nSPS) is 24.3. The number of rotatable bonds is 2. The second-order valence-electron chi connectivity index (χ2n) is 7.01. The number of para-hydroxylation sites is 1. The summed E-state index contributed by atoms with van der Waals surface area (Å²) in [5.74, 6) is 1.11. The van der Waals surface area contributed by atoms with Crippen LogP contribution in [0.1, 0.15) is 24.8 Å². The maximum atomic E-state index is 13.0. The van der Waals surface area contributed by atoms with E-state index in [9.17, 15) is 9.59 Å². The molecule has 0 saturated carbocycles. The minimum atomic E-state index is -0.206. The lowest BCUT2D eigenvalue weighted by atomic mass is 9.94. The van der Waals surface area contributed by atoms with E-state index >= 15 is 0 Å². The van der Waals surface area contributed by atoms with Crippen LogP contribution in [0.5, 0.6) is 5.75 Å². The van der Waals surface area contributed by atoms with Crippen LogP contribution in [0.15, 0.2) is 24.3 Å². The van der Waals surface area contributed by atoms with Crippen LogP contribution in [0.4, 0.5) is 4.79 Å². The van der Waals surface area contributed by atoms with Crippen molar-refractivity contribution >= 4 is 12.0 Å². The van der Waals surface area contributed by atoms with E-state index in [-0.39, 0.29) is 24.0 Å². The van der Waals surface area contributed by atoms with E-state index < -0.39 is 0 Å². The van der Waals surface area contributed by atoms with E-state index in [1.54, 1.807) is 0 Å². The highest BCUT2D eigenvalue weighted by molar-refractivity contribution is 5.79. The van der Waals surface area contributed by atoms with Crippen LogP contribution in [0.25, 0.3) is 0 Å². The first-order chi connectivity index (χ1) is 12.2. The zero-order valence-electron chi connectivity index (χ0n) is 14.4. The zero-order chi connectivity index (χ0) is 17.2. The predicted molar refractivity (Wildman–Crippen MR) is 91.4 cm³/mol. The second-order valence-corrected chi connectivity index (χ2v) is 7.01. The van der Waals surface area contributed by atoms with Gasteiger partial charge in [-0.05, 0) is 37.3 Å². The molecule has 0 aromatic heterocycles. The molecule has 3 heterocycles. The summed E-state index contributed by atoms with van der Waals surface area (Å²) in [4.78, 5) is 28.5. The first-order valence-corrected chi connectivity index (χ1v) is 9.15. The van der Waals surface area contributed by atoms with Crippen molar-refractivity contribution in [3.05, 3.63) is 29.8 Å². The Morgan fingerprint density at radius 3 is 2.56 bits per heavy atom. The average molecular weight is 344 g/mol. The molecule has 3 aliphatic rings. The van der Waals surface area contributed by atoms with Crippen molar-refractivity contribution in [1.82, 2.24) is 9.80 Å². The molecular formula is C19H24N2O4. The number of carbonyl (C=O) groups is 2. The molecule has 0 aliphatic carbocycles. The van der Waals surface area contributed by atoms with Gasteiger partial charge in [-0.1, -0.05) is 18.2 Å². The van der Waals surface area contributed by atoms with Gasteiger partial charge in [0.25, 0.3) is 0 Å². The highest BCUT2D eigenvalue weighted by Crippen LogP contribution is 2.29. The van der Waals surface area contributed by atoms with E-state index in [4.69, 9.17) is 9.47 Å². The Morgan fingerprint density at radius 2 is 1.80 bits per heavy atom. The van der Waals surface area contributed by atoms with Gasteiger partial charge in [0.2, 0.25) is 5.91 Å². The third-order valence-corrected chi connectivity index (χ3v) is 5.52. The van der Waals surface area contributed by atoms with Gasteiger partial charge in [0, 0.05) is 25.0 Å². The Bertz CT molecular complexity index is 655. The van der Waals surface area contributed by atoms with Gasteiger partial charge < -0.3 is 19.3 Å². The summed E-state index contributed by atoms with van der Waals surface area (Å²) < 4.78 is 10.8. The molecule has 2 amide bonds. The van der Waals surface area contributed by atoms with Crippen LogP contribution in [-0.2, 0) is 16.0 Å². The molecule has 0 radical (unpaired) electrons. The molecule has 2 saturated heterocycles. The van der Waals surface area contributed by atoms with E-state index in [1.807, 2.05) is 34.1 Å². The van der Waals surface area contributed by atoms with Crippen molar-refractivity contribution in [2.24, 2.45) is 5.92 Å². The number of likely N-dealkylation sites (tertiary alicyclic amines) is 1. The Kier molecular flexibility index (Phi) is 4.51. The molecule has 6 heteroatoms. The van der Waals surface area contributed by atoms with Gasteiger partial charge in [-0.3, -0.25) is 4.79 Å². The fourth-order valence-corrected chi connectivity index (χ4v) is 4.10. The number of nitrogens with zero attached hydrogens (tertiary/aromatic N) is 2. The van der Waals surface area contributed by atoms with Crippen LogP contribution in [-0.4, -0.2) is 60.7 Å². The quantitative estimate of drug-likeness (QED) is 0.824. The summed E-state index contributed by atoms with van der Waals surface area (Å²) in [7, 11) is 0.